The van der Waals surface area contributed by atoms with Crippen molar-refractivity contribution in [3.05, 3.63) is 34.7 Å². The molecule has 2 amide bonds. The molecule has 3 rings (SSSR count). The topological polar surface area (TPSA) is 55.4 Å². The molecule has 1 saturated carbocycles. The highest BCUT2D eigenvalue weighted by molar-refractivity contribution is 8.18. The molecule has 23 heavy (non-hydrogen) atoms. The van der Waals surface area contributed by atoms with Gasteiger partial charge in [-0.15, -0.1) is 0 Å². The Balaban J connectivity index is 1.62. The number of nitrogens with one attached hydrogen (secondary N) is 1. The highest BCUT2D eigenvalue weighted by Gasteiger charge is 2.25. The van der Waals surface area contributed by atoms with E-state index >= 15 is 0 Å². The summed E-state index contributed by atoms with van der Waals surface area (Å²) in [6.45, 7) is 2.15. The Labute approximate surface area is 140 Å². The zero-order chi connectivity index (χ0) is 16.2. The summed E-state index contributed by atoms with van der Waals surface area (Å²) in [6, 6.07) is 7.66. The number of hydrogen-bond donors (Lipinski definition) is 1. The van der Waals surface area contributed by atoms with Crippen LogP contribution in [0.1, 0.15) is 44.6 Å². The van der Waals surface area contributed by atoms with E-state index in [0.717, 1.165) is 23.1 Å². The Bertz CT molecular complexity index is 618. The lowest BCUT2D eigenvalue weighted by molar-refractivity contribution is -0.115. The molecular formula is C18H21NO3S. The Morgan fingerprint density at radius 3 is 2.48 bits per heavy atom. The van der Waals surface area contributed by atoms with E-state index in [1.165, 1.54) is 32.1 Å². The molecule has 2 aliphatic rings. The maximum Gasteiger partial charge on any atom is 0.290 e. The van der Waals surface area contributed by atoms with E-state index in [0.29, 0.717) is 10.8 Å². The van der Waals surface area contributed by atoms with Crippen molar-refractivity contribution in [3.63, 3.8) is 0 Å². The number of carbonyl (C=O) groups is 2. The van der Waals surface area contributed by atoms with Crippen molar-refractivity contribution in [3.8, 4) is 5.75 Å². The fourth-order valence-electron chi connectivity index (χ4n) is 3.13. The summed E-state index contributed by atoms with van der Waals surface area (Å²) in [5.41, 5.74) is 0.884. The smallest absolute Gasteiger partial charge is 0.290 e. The van der Waals surface area contributed by atoms with E-state index in [9.17, 15) is 9.59 Å². The molecule has 1 atom stereocenters. The van der Waals surface area contributed by atoms with Gasteiger partial charge in [-0.1, -0.05) is 31.4 Å². The SMILES string of the molecule is CC(Oc1ccc(/C=C2\SC(=O)NC2=O)cc1)C1CCCCC1. The molecule has 1 unspecified atom stereocenters. The molecule has 5 heteroatoms. The molecule has 1 aromatic carbocycles. The Kier molecular flexibility index (Phi) is 5.06. The van der Waals surface area contributed by atoms with Crippen molar-refractivity contribution in [1.82, 2.24) is 5.32 Å². The van der Waals surface area contributed by atoms with E-state index in [4.69, 9.17) is 4.74 Å². The Morgan fingerprint density at radius 2 is 1.87 bits per heavy atom. The van der Waals surface area contributed by atoms with Crippen LogP contribution in [0.5, 0.6) is 5.75 Å². The molecule has 1 aromatic rings. The lowest BCUT2D eigenvalue weighted by Gasteiger charge is -2.28. The summed E-state index contributed by atoms with van der Waals surface area (Å²) in [5.74, 6) is 1.17. The van der Waals surface area contributed by atoms with Gasteiger partial charge in [-0.25, -0.2) is 0 Å². The third-order valence-electron chi connectivity index (χ3n) is 4.46. The van der Waals surface area contributed by atoms with Crippen LogP contribution in [0, 0.1) is 5.92 Å². The van der Waals surface area contributed by atoms with Crippen LogP contribution >= 0.6 is 11.8 Å². The van der Waals surface area contributed by atoms with Crippen LogP contribution in [0.25, 0.3) is 6.08 Å². The minimum Gasteiger partial charge on any atom is -0.490 e. The molecule has 1 aliphatic carbocycles. The molecule has 2 fully saturated rings. The van der Waals surface area contributed by atoms with Crippen molar-refractivity contribution in [2.24, 2.45) is 5.92 Å². The number of benzene rings is 1. The van der Waals surface area contributed by atoms with Gasteiger partial charge in [0.1, 0.15) is 5.75 Å². The zero-order valence-electron chi connectivity index (χ0n) is 13.2. The lowest BCUT2D eigenvalue weighted by Crippen LogP contribution is -2.25. The van der Waals surface area contributed by atoms with Gasteiger partial charge in [0.05, 0.1) is 11.0 Å². The van der Waals surface area contributed by atoms with Crippen molar-refractivity contribution in [1.29, 1.82) is 0 Å². The molecule has 4 nitrogen and oxygen atoms in total. The van der Waals surface area contributed by atoms with Crippen LogP contribution in [0.4, 0.5) is 4.79 Å². The summed E-state index contributed by atoms with van der Waals surface area (Å²) >= 11 is 0.932. The lowest BCUT2D eigenvalue weighted by atomic mass is 9.86. The first kappa shape index (κ1) is 16.1. The van der Waals surface area contributed by atoms with E-state index in [1.54, 1.807) is 6.08 Å². The van der Waals surface area contributed by atoms with Crippen LogP contribution in [0.2, 0.25) is 0 Å². The number of imide groups is 1. The summed E-state index contributed by atoms with van der Waals surface area (Å²) in [5, 5.41) is 1.94. The zero-order valence-corrected chi connectivity index (χ0v) is 14.0. The molecular weight excluding hydrogens is 310 g/mol. The van der Waals surface area contributed by atoms with Crippen LogP contribution in [0.15, 0.2) is 29.2 Å². The van der Waals surface area contributed by atoms with Crippen molar-refractivity contribution in [2.75, 3.05) is 0 Å². The van der Waals surface area contributed by atoms with E-state index in [-0.39, 0.29) is 17.3 Å². The number of ether oxygens (including phenoxy) is 1. The average molecular weight is 331 g/mol. The van der Waals surface area contributed by atoms with Gasteiger partial charge in [0, 0.05) is 0 Å². The highest BCUT2D eigenvalue weighted by atomic mass is 32.2. The monoisotopic (exact) mass is 331 g/mol. The molecule has 0 bridgehead atoms. The second-order valence-corrected chi connectivity index (χ2v) is 7.16. The van der Waals surface area contributed by atoms with Gasteiger partial charge in [-0.05, 0) is 61.2 Å². The summed E-state index contributed by atoms with van der Waals surface area (Å²) < 4.78 is 6.06. The minimum atomic E-state index is -0.328. The van der Waals surface area contributed by atoms with E-state index in [2.05, 4.69) is 12.2 Å². The predicted molar refractivity (Wildman–Crippen MR) is 92.2 cm³/mol. The van der Waals surface area contributed by atoms with Gasteiger partial charge in [0.15, 0.2) is 0 Å². The van der Waals surface area contributed by atoms with E-state index in [1.807, 2.05) is 24.3 Å². The van der Waals surface area contributed by atoms with Crippen LogP contribution in [-0.2, 0) is 4.79 Å². The molecule has 122 valence electrons. The van der Waals surface area contributed by atoms with Crippen LogP contribution in [-0.4, -0.2) is 17.3 Å². The minimum absolute atomic E-state index is 0.230. The maximum absolute atomic E-state index is 11.5. The standard InChI is InChI=1S/C18H21NO3S/c1-12(14-5-3-2-4-6-14)22-15-9-7-13(8-10-15)11-16-17(20)19-18(21)23-16/h7-12,14H,2-6H2,1H3,(H,19,20,21)/b16-11-. The number of rotatable bonds is 4. The van der Waals surface area contributed by atoms with Crippen molar-refractivity contribution >= 4 is 29.0 Å². The first-order valence-corrected chi connectivity index (χ1v) is 8.95. The van der Waals surface area contributed by atoms with Crippen molar-refractivity contribution < 1.29 is 14.3 Å². The average Bonchev–Trinajstić information content (AvgIpc) is 2.87. The largest absolute Gasteiger partial charge is 0.490 e. The number of carbonyl (C=O) groups excluding carboxylic acids is 2. The van der Waals surface area contributed by atoms with Crippen LogP contribution < -0.4 is 10.1 Å². The first-order chi connectivity index (χ1) is 11.1. The Hall–Kier alpha value is -1.75. The van der Waals surface area contributed by atoms with E-state index < -0.39 is 0 Å². The number of hydrogen-bond acceptors (Lipinski definition) is 4. The third-order valence-corrected chi connectivity index (χ3v) is 5.27. The molecule has 1 aliphatic heterocycles. The molecule has 1 saturated heterocycles. The normalized spacial score (nSPS) is 22.2. The van der Waals surface area contributed by atoms with Crippen LogP contribution in [0.3, 0.4) is 0 Å². The summed E-state index contributed by atoms with van der Waals surface area (Å²) in [7, 11) is 0. The summed E-state index contributed by atoms with van der Waals surface area (Å²) in [6.07, 6.45) is 8.43. The fraction of sp³-hybridized carbons (Fsp3) is 0.444. The molecule has 0 spiro atoms. The van der Waals surface area contributed by atoms with Gasteiger partial charge in [-0.2, -0.15) is 0 Å². The van der Waals surface area contributed by atoms with Crippen molar-refractivity contribution in [2.45, 2.75) is 45.1 Å². The van der Waals surface area contributed by atoms with Gasteiger partial charge < -0.3 is 4.74 Å². The summed E-state index contributed by atoms with van der Waals surface area (Å²) in [4.78, 5) is 23.1. The number of thioether (sulfide) groups is 1. The second kappa shape index (κ2) is 7.21. The first-order valence-electron chi connectivity index (χ1n) is 8.13. The van der Waals surface area contributed by atoms with Gasteiger partial charge in [0.2, 0.25) is 0 Å². The molecule has 1 N–H and O–H groups in total. The second-order valence-electron chi connectivity index (χ2n) is 6.14. The fourth-order valence-corrected chi connectivity index (χ4v) is 3.81. The van der Waals surface area contributed by atoms with Gasteiger partial charge in [0.25, 0.3) is 11.1 Å². The molecule has 0 radical (unpaired) electrons. The van der Waals surface area contributed by atoms with Gasteiger partial charge in [-0.3, -0.25) is 14.9 Å². The third kappa shape index (κ3) is 4.16. The quantitative estimate of drug-likeness (QED) is 0.833. The molecule has 1 heterocycles. The predicted octanol–water partition coefficient (Wildman–Crippen LogP) is 4.36. The molecule has 0 aromatic heterocycles. The highest BCUT2D eigenvalue weighted by Crippen LogP contribution is 2.29. The maximum atomic E-state index is 11.5. The Morgan fingerprint density at radius 1 is 1.17 bits per heavy atom. The van der Waals surface area contributed by atoms with Gasteiger partial charge >= 0.3 is 0 Å². The number of amides is 2.